The predicted octanol–water partition coefficient (Wildman–Crippen LogP) is 4.09. The number of aromatic nitrogens is 1. The van der Waals surface area contributed by atoms with E-state index >= 15 is 0 Å². The average Bonchev–Trinajstić information content (AvgIpc) is 3.18. The highest BCUT2D eigenvalue weighted by Gasteiger charge is 2.31. The van der Waals surface area contributed by atoms with E-state index in [9.17, 15) is 8.42 Å². The highest BCUT2D eigenvalue weighted by Crippen LogP contribution is 2.35. The Bertz CT molecular complexity index is 890. The van der Waals surface area contributed by atoms with Gasteiger partial charge in [0.2, 0.25) is 0 Å². The summed E-state index contributed by atoms with van der Waals surface area (Å²) in [6, 6.07) is 12.5. The van der Waals surface area contributed by atoms with Gasteiger partial charge in [-0.05, 0) is 23.9 Å². The summed E-state index contributed by atoms with van der Waals surface area (Å²) >= 11 is 7.32. The molecule has 0 unspecified atom stereocenters. The molecule has 0 spiro atoms. The molecule has 0 N–H and O–H groups in total. The van der Waals surface area contributed by atoms with Gasteiger partial charge in [-0.1, -0.05) is 53.2 Å². The average molecular weight is 369 g/mol. The van der Waals surface area contributed by atoms with Gasteiger partial charge in [-0.15, -0.1) is 11.3 Å². The first-order chi connectivity index (χ1) is 11.0. The summed E-state index contributed by atoms with van der Waals surface area (Å²) in [7, 11) is -3.78. The van der Waals surface area contributed by atoms with Crippen molar-refractivity contribution in [3.05, 3.63) is 64.1 Å². The molecule has 0 amide bonds. The number of rotatable bonds is 5. The molecule has 120 valence electrons. The summed E-state index contributed by atoms with van der Waals surface area (Å²) in [5, 5.41) is 5.67. The summed E-state index contributed by atoms with van der Waals surface area (Å²) in [5.74, 6) is 0.0291. The first-order valence-electron chi connectivity index (χ1n) is 6.72. The minimum Gasteiger partial charge on any atom is -0.336 e. The van der Waals surface area contributed by atoms with Crippen LogP contribution in [0.25, 0.3) is 0 Å². The van der Waals surface area contributed by atoms with Crippen LogP contribution < -0.4 is 4.31 Å². The Kier molecular flexibility index (Phi) is 4.43. The van der Waals surface area contributed by atoms with Crippen LogP contribution in [-0.4, -0.2) is 13.6 Å². The lowest BCUT2D eigenvalue weighted by Crippen LogP contribution is -2.30. The first-order valence-corrected chi connectivity index (χ1v) is 9.42. The maximum atomic E-state index is 12.9. The van der Waals surface area contributed by atoms with Crippen LogP contribution >= 0.6 is 22.9 Å². The lowest BCUT2D eigenvalue weighted by Gasteiger charge is -2.20. The molecular weight excluding hydrogens is 356 g/mol. The monoisotopic (exact) mass is 368 g/mol. The molecule has 0 aliphatic rings. The van der Waals surface area contributed by atoms with Crippen LogP contribution in [0, 0.1) is 6.92 Å². The van der Waals surface area contributed by atoms with Crippen LogP contribution in [0.1, 0.15) is 11.3 Å². The maximum absolute atomic E-state index is 12.9. The summed E-state index contributed by atoms with van der Waals surface area (Å²) in [6.07, 6.45) is 0. The minimum atomic E-state index is -3.78. The Morgan fingerprint density at radius 1 is 1.22 bits per heavy atom. The number of sulfonamides is 1. The van der Waals surface area contributed by atoms with E-state index in [2.05, 4.69) is 5.16 Å². The Labute approximate surface area is 143 Å². The minimum absolute atomic E-state index is 0.0291. The second kappa shape index (κ2) is 6.35. The van der Waals surface area contributed by atoms with Crippen molar-refractivity contribution in [3.8, 4) is 0 Å². The summed E-state index contributed by atoms with van der Waals surface area (Å²) in [6.45, 7) is 1.77. The maximum Gasteiger partial charge on any atom is 0.276 e. The number of aryl methyl sites for hydroxylation is 1. The molecule has 0 saturated heterocycles. The molecular formula is C15H13ClN2O3S2. The lowest BCUT2D eigenvalue weighted by molar-refractivity contribution is 0.419. The third kappa shape index (κ3) is 3.12. The molecule has 0 atom stereocenters. The van der Waals surface area contributed by atoms with Crippen molar-refractivity contribution in [1.29, 1.82) is 0 Å². The molecule has 0 fully saturated rings. The van der Waals surface area contributed by atoms with Crippen LogP contribution in [0.15, 0.2) is 56.6 Å². The number of hydrogen-bond acceptors (Lipinski definition) is 5. The zero-order valence-electron chi connectivity index (χ0n) is 12.1. The molecule has 0 bridgehead atoms. The molecule has 0 aliphatic heterocycles. The number of hydrogen-bond donors (Lipinski definition) is 0. The molecule has 8 heteroatoms. The standard InChI is InChI=1S/C15H13ClN2O3S2/c1-11-14(16)15(21-17-11)18(10-12-6-3-2-4-7-12)23(19,20)13-8-5-9-22-13/h2-9H,10H2,1H3. The molecule has 0 radical (unpaired) electrons. The van der Waals surface area contributed by atoms with E-state index in [4.69, 9.17) is 16.1 Å². The third-order valence-corrected chi connectivity index (χ3v) is 6.75. The molecule has 2 aromatic heterocycles. The first kappa shape index (κ1) is 16.0. The molecule has 1 aromatic carbocycles. The van der Waals surface area contributed by atoms with Crippen LogP contribution in [0.2, 0.25) is 5.02 Å². The van der Waals surface area contributed by atoms with Gasteiger partial charge in [-0.3, -0.25) is 0 Å². The summed E-state index contributed by atoms with van der Waals surface area (Å²) in [5.41, 5.74) is 1.26. The van der Waals surface area contributed by atoms with Gasteiger partial charge in [0.15, 0.2) is 0 Å². The van der Waals surface area contributed by atoms with Gasteiger partial charge in [-0.25, -0.2) is 12.7 Å². The molecule has 2 heterocycles. The zero-order chi connectivity index (χ0) is 16.4. The van der Waals surface area contributed by atoms with Crippen molar-refractivity contribution in [2.75, 3.05) is 4.31 Å². The van der Waals surface area contributed by atoms with E-state index < -0.39 is 10.0 Å². The molecule has 3 aromatic rings. The van der Waals surface area contributed by atoms with Crippen molar-refractivity contribution in [2.45, 2.75) is 17.7 Å². The van der Waals surface area contributed by atoms with E-state index in [-0.39, 0.29) is 21.7 Å². The van der Waals surface area contributed by atoms with E-state index in [0.29, 0.717) is 5.69 Å². The number of thiophene rings is 1. The van der Waals surface area contributed by atoms with Gasteiger partial charge >= 0.3 is 0 Å². The normalized spacial score (nSPS) is 11.6. The Morgan fingerprint density at radius 2 is 1.96 bits per heavy atom. The summed E-state index contributed by atoms with van der Waals surface area (Å²) in [4.78, 5) is 0. The number of halogens is 1. The lowest BCUT2D eigenvalue weighted by atomic mass is 10.2. The van der Waals surface area contributed by atoms with Crippen molar-refractivity contribution < 1.29 is 12.9 Å². The molecule has 23 heavy (non-hydrogen) atoms. The van der Waals surface area contributed by atoms with Crippen LogP contribution in [0.3, 0.4) is 0 Å². The van der Waals surface area contributed by atoms with Crippen molar-refractivity contribution in [3.63, 3.8) is 0 Å². The fourth-order valence-corrected chi connectivity index (χ4v) is 4.76. The van der Waals surface area contributed by atoms with Crippen LogP contribution in [0.5, 0.6) is 0 Å². The topological polar surface area (TPSA) is 63.4 Å². The Balaban J connectivity index is 2.09. The second-order valence-electron chi connectivity index (χ2n) is 4.82. The molecule has 0 saturated carbocycles. The number of anilines is 1. The van der Waals surface area contributed by atoms with E-state index in [1.165, 1.54) is 0 Å². The smallest absolute Gasteiger partial charge is 0.276 e. The quantitative estimate of drug-likeness (QED) is 0.680. The van der Waals surface area contributed by atoms with Crippen molar-refractivity contribution in [2.24, 2.45) is 0 Å². The molecule has 3 rings (SSSR count). The summed E-state index contributed by atoms with van der Waals surface area (Å²) < 4.78 is 32.5. The Hall–Kier alpha value is -1.83. The highest BCUT2D eigenvalue weighted by molar-refractivity contribution is 7.94. The SMILES string of the molecule is Cc1noc(N(Cc2ccccc2)S(=O)(=O)c2cccs2)c1Cl. The predicted molar refractivity (Wildman–Crippen MR) is 90.4 cm³/mol. The highest BCUT2D eigenvalue weighted by atomic mass is 35.5. The van der Waals surface area contributed by atoms with Gasteiger partial charge in [0, 0.05) is 0 Å². The van der Waals surface area contributed by atoms with Gasteiger partial charge < -0.3 is 4.52 Å². The van der Waals surface area contributed by atoms with E-state index in [1.807, 2.05) is 30.3 Å². The van der Waals surface area contributed by atoms with Crippen LogP contribution in [-0.2, 0) is 16.6 Å². The van der Waals surface area contributed by atoms with E-state index in [0.717, 1.165) is 21.2 Å². The largest absolute Gasteiger partial charge is 0.336 e. The number of nitrogens with zero attached hydrogens (tertiary/aromatic N) is 2. The van der Waals surface area contributed by atoms with Gasteiger partial charge in [0.05, 0.1) is 6.54 Å². The number of benzene rings is 1. The van der Waals surface area contributed by atoms with Crippen LogP contribution in [0.4, 0.5) is 5.88 Å². The van der Waals surface area contributed by atoms with Crippen molar-refractivity contribution in [1.82, 2.24) is 5.16 Å². The van der Waals surface area contributed by atoms with Gasteiger partial charge in [0.1, 0.15) is 14.9 Å². The molecule has 5 nitrogen and oxygen atoms in total. The molecule has 0 aliphatic carbocycles. The van der Waals surface area contributed by atoms with Gasteiger partial charge in [-0.2, -0.15) is 0 Å². The third-order valence-electron chi connectivity index (χ3n) is 3.21. The fourth-order valence-electron chi connectivity index (χ4n) is 2.04. The van der Waals surface area contributed by atoms with Gasteiger partial charge in [0.25, 0.3) is 15.9 Å². The second-order valence-corrected chi connectivity index (χ2v) is 8.23. The van der Waals surface area contributed by atoms with Crippen molar-refractivity contribution >= 4 is 38.8 Å². The zero-order valence-corrected chi connectivity index (χ0v) is 14.5. The van der Waals surface area contributed by atoms with E-state index in [1.54, 1.807) is 24.4 Å². The fraction of sp³-hybridized carbons (Fsp3) is 0.133. The Morgan fingerprint density at radius 3 is 2.52 bits per heavy atom.